The Hall–Kier alpha value is -0.830. The number of hydrogen-bond donors (Lipinski definition) is 1. The smallest absolute Gasteiger partial charge is 0.249 e. The fourth-order valence-corrected chi connectivity index (χ4v) is 2.09. The van der Waals surface area contributed by atoms with E-state index in [2.05, 4.69) is 19.2 Å². The molecule has 86 valence electrons. The number of nitrogens with one attached hydrogen (secondary N) is 1. The number of carbonyl (C=O) groups is 1. The molecule has 0 bridgehead atoms. The summed E-state index contributed by atoms with van der Waals surface area (Å²) >= 11 is 0. The van der Waals surface area contributed by atoms with Gasteiger partial charge in [0.25, 0.3) is 0 Å². The summed E-state index contributed by atoms with van der Waals surface area (Å²) in [6.45, 7) is 8.81. The van der Waals surface area contributed by atoms with Gasteiger partial charge in [-0.25, -0.2) is 0 Å². The second kappa shape index (κ2) is 5.91. The van der Waals surface area contributed by atoms with Crippen molar-refractivity contribution in [2.45, 2.75) is 39.7 Å². The van der Waals surface area contributed by atoms with Crippen molar-refractivity contribution in [2.24, 2.45) is 0 Å². The molecule has 0 radical (unpaired) electrons. The Morgan fingerprint density at radius 1 is 1.53 bits per heavy atom. The van der Waals surface area contributed by atoms with Gasteiger partial charge in [-0.3, -0.25) is 4.79 Å². The fourth-order valence-electron chi connectivity index (χ4n) is 2.09. The van der Waals surface area contributed by atoms with Gasteiger partial charge in [0, 0.05) is 24.7 Å². The van der Waals surface area contributed by atoms with E-state index in [9.17, 15) is 4.79 Å². The summed E-state index contributed by atoms with van der Waals surface area (Å²) in [5, 5.41) is 3.30. The van der Waals surface area contributed by atoms with Gasteiger partial charge in [-0.15, -0.1) is 0 Å². The van der Waals surface area contributed by atoms with Crippen molar-refractivity contribution in [2.75, 3.05) is 19.6 Å². The van der Waals surface area contributed by atoms with Gasteiger partial charge in [0.2, 0.25) is 5.91 Å². The SMILES string of the molecule is CCC=C(C)C(=O)N(CC)C1CCNC1. The molecule has 1 atom stereocenters. The maximum Gasteiger partial charge on any atom is 0.249 e. The highest BCUT2D eigenvalue weighted by atomic mass is 16.2. The van der Waals surface area contributed by atoms with Gasteiger partial charge in [-0.2, -0.15) is 0 Å². The molecule has 0 saturated carbocycles. The molecule has 15 heavy (non-hydrogen) atoms. The highest BCUT2D eigenvalue weighted by Gasteiger charge is 2.25. The van der Waals surface area contributed by atoms with Crippen LogP contribution in [0.5, 0.6) is 0 Å². The van der Waals surface area contributed by atoms with E-state index in [4.69, 9.17) is 0 Å². The van der Waals surface area contributed by atoms with Gasteiger partial charge < -0.3 is 10.2 Å². The molecule has 1 unspecified atom stereocenters. The zero-order valence-electron chi connectivity index (χ0n) is 10.0. The highest BCUT2D eigenvalue weighted by molar-refractivity contribution is 5.93. The van der Waals surface area contributed by atoms with Crippen LogP contribution >= 0.6 is 0 Å². The minimum atomic E-state index is 0.202. The zero-order valence-corrected chi connectivity index (χ0v) is 10.0. The van der Waals surface area contributed by atoms with E-state index in [-0.39, 0.29) is 5.91 Å². The Kier molecular flexibility index (Phi) is 4.82. The van der Waals surface area contributed by atoms with Crippen molar-refractivity contribution >= 4 is 5.91 Å². The number of amides is 1. The third-order valence-corrected chi connectivity index (χ3v) is 2.92. The number of carbonyl (C=O) groups excluding carboxylic acids is 1. The van der Waals surface area contributed by atoms with Crippen molar-refractivity contribution in [1.82, 2.24) is 10.2 Å². The molecule has 1 aliphatic heterocycles. The molecule has 0 spiro atoms. The molecule has 0 aromatic rings. The first-order valence-corrected chi connectivity index (χ1v) is 5.89. The molecule has 3 nitrogen and oxygen atoms in total. The van der Waals surface area contributed by atoms with Gasteiger partial charge in [0.1, 0.15) is 0 Å². The Labute approximate surface area is 92.5 Å². The van der Waals surface area contributed by atoms with E-state index in [0.29, 0.717) is 6.04 Å². The minimum absolute atomic E-state index is 0.202. The Morgan fingerprint density at radius 2 is 2.27 bits per heavy atom. The standard InChI is InChI=1S/C12H22N2O/c1-4-6-10(3)12(15)14(5-2)11-7-8-13-9-11/h6,11,13H,4-5,7-9H2,1-3H3. The second-order valence-electron chi connectivity index (χ2n) is 4.03. The van der Waals surface area contributed by atoms with Crippen molar-refractivity contribution in [3.8, 4) is 0 Å². The topological polar surface area (TPSA) is 32.3 Å². The van der Waals surface area contributed by atoms with Crippen LogP contribution in [0.1, 0.15) is 33.6 Å². The van der Waals surface area contributed by atoms with Crippen LogP contribution in [0, 0.1) is 0 Å². The summed E-state index contributed by atoms with van der Waals surface area (Å²) in [6, 6.07) is 0.391. The van der Waals surface area contributed by atoms with Gasteiger partial charge in [-0.05, 0) is 33.2 Å². The first-order valence-electron chi connectivity index (χ1n) is 5.89. The monoisotopic (exact) mass is 210 g/mol. The summed E-state index contributed by atoms with van der Waals surface area (Å²) in [5.41, 5.74) is 0.881. The van der Waals surface area contributed by atoms with E-state index in [0.717, 1.165) is 38.0 Å². The van der Waals surface area contributed by atoms with E-state index < -0.39 is 0 Å². The second-order valence-corrected chi connectivity index (χ2v) is 4.03. The molecular formula is C12H22N2O. The number of rotatable bonds is 4. The molecule has 0 aliphatic carbocycles. The largest absolute Gasteiger partial charge is 0.335 e. The summed E-state index contributed by atoms with van der Waals surface area (Å²) in [4.78, 5) is 14.1. The predicted octanol–water partition coefficient (Wildman–Crippen LogP) is 1.55. The molecule has 1 rings (SSSR count). The van der Waals surface area contributed by atoms with Crippen molar-refractivity contribution in [3.63, 3.8) is 0 Å². The van der Waals surface area contributed by atoms with E-state index in [1.807, 2.05) is 17.9 Å². The molecule has 3 heteroatoms. The van der Waals surface area contributed by atoms with Gasteiger partial charge in [0.05, 0.1) is 0 Å². The minimum Gasteiger partial charge on any atom is -0.335 e. The third kappa shape index (κ3) is 3.06. The van der Waals surface area contributed by atoms with Crippen LogP contribution in [0.3, 0.4) is 0 Å². The lowest BCUT2D eigenvalue weighted by Crippen LogP contribution is -2.41. The van der Waals surface area contributed by atoms with Crippen LogP contribution in [0.15, 0.2) is 11.6 Å². The molecule has 1 amide bonds. The van der Waals surface area contributed by atoms with E-state index in [1.54, 1.807) is 0 Å². The van der Waals surface area contributed by atoms with Crippen LogP contribution < -0.4 is 5.32 Å². The summed E-state index contributed by atoms with van der Waals surface area (Å²) in [6.07, 6.45) is 4.02. The lowest BCUT2D eigenvalue weighted by atomic mass is 10.1. The maximum absolute atomic E-state index is 12.1. The van der Waals surface area contributed by atoms with Crippen LogP contribution in [0.2, 0.25) is 0 Å². The van der Waals surface area contributed by atoms with Gasteiger partial charge in [0.15, 0.2) is 0 Å². The molecule has 1 N–H and O–H groups in total. The summed E-state index contributed by atoms with van der Waals surface area (Å²) < 4.78 is 0. The van der Waals surface area contributed by atoms with Crippen molar-refractivity contribution in [1.29, 1.82) is 0 Å². The van der Waals surface area contributed by atoms with Crippen LogP contribution in [0.25, 0.3) is 0 Å². The third-order valence-electron chi connectivity index (χ3n) is 2.92. The van der Waals surface area contributed by atoms with Crippen LogP contribution in [0.4, 0.5) is 0 Å². The molecule has 1 saturated heterocycles. The highest BCUT2D eigenvalue weighted by Crippen LogP contribution is 2.12. The molecule has 1 aliphatic rings. The first-order chi connectivity index (χ1) is 7.20. The lowest BCUT2D eigenvalue weighted by molar-refractivity contribution is -0.128. The van der Waals surface area contributed by atoms with Crippen LogP contribution in [-0.2, 0) is 4.79 Å². The van der Waals surface area contributed by atoms with E-state index in [1.165, 1.54) is 0 Å². The Morgan fingerprint density at radius 3 is 2.73 bits per heavy atom. The molecule has 0 aromatic carbocycles. The summed E-state index contributed by atoms with van der Waals surface area (Å²) in [5.74, 6) is 0.202. The molecular weight excluding hydrogens is 188 g/mol. The quantitative estimate of drug-likeness (QED) is 0.714. The summed E-state index contributed by atoms with van der Waals surface area (Å²) in [7, 11) is 0. The number of hydrogen-bond acceptors (Lipinski definition) is 2. The number of allylic oxidation sites excluding steroid dienone is 1. The number of likely N-dealkylation sites (N-methyl/N-ethyl adjacent to an activating group) is 1. The fraction of sp³-hybridized carbons (Fsp3) is 0.750. The van der Waals surface area contributed by atoms with Gasteiger partial charge >= 0.3 is 0 Å². The predicted molar refractivity (Wildman–Crippen MR) is 62.7 cm³/mol. The first kappa shape index (κ1) is 12.2. The maximum atomic E-state index is 12.1. The van der Waals surface area contributed by atoms with Crippen molar-refractivity contribution < 1.29 is 4.79 Å². The van der Waals surface area contributed by atoms with E-state index >= 15 is 0 Å². The molecule has 1 heterocycles. The van der Waals surface area contributed by atoms with Crippen LogP contribution in [-0.4, -0.2) is 36.5 Å². The van der Waals surface area contributed by atoms with Gasteiger partial charge in [-0.1, -0.05) is 13.0 Å². The Balaban J connectivity index is 2.64. The molecule has 0 aromatic heterocycles. The zero-order chi connectivity index (χ0) is 11.3. The van der Waals surface area contributed by atoms with Crippen molar-refractivity contribution in [3.05, 3.63) is 11.6 Å². The normalized spacial score (nSPS) is 21.8. The average molecular weight is 210 g/mol. The number of nitrogens with zero attached hydrogens (tertiary/aromatic N) is 1. The molecule has 1 fully saturated rings. The Bertz CT molecular complexity index is 242. The lowest BCUT2D eigenvalue weighted by Gasteiger charge is -2.27. The average Bonchev–Trinajstić information content (AvgIpc) is 2.72.